The van der Waals surface area contributed by atoms with Gasteiger partial charge in [0.05, 0.1) is 7.11 Å². The molecule has 1 aliphatic rings. The van der Waals surface area contributed by atoms with Crippen LogP contribution in [-0.4, -0.2) is 19.1 Å². The number of para-hydroxylation sites is 1. The molecular weight excluding hydrogens is 376 g/mol. The maximum absolute atomic E-state index is 12.7. The zero-order valence-electron chi connectivity index (χ0n) is 17.6. The number of ether oxygens (including phenoxy) is 1. The number of furan rings is 1. The van der Waals surface area contributed by atoms with Crippen molar-refractivity contribution in [3.63, 3.8) is 0 Å². The molecule has 0 aliphatic heterocycles. The maximum Gasteiger partial charge on any atom is 0.291 e. The fraction of sp³-hybridized carbons (Fsp3) is 0.400. The van der Waals surface area contributed by atoms with Gasteiger partial charge in [0.25, 0.3) is 5.91 Å². The highest BCUT2D eigenvalue weighted by molar-refractivity contribution is 6.05. The van der Waals surface area contributed by atoms with Crippen molar-refractivity contribution in [2.75, 3.05) is 12.4 Å². The number of carbonyl (C=O) groups excluding carboxylic acids is 1. The van der Waals surface area contributed by atoms with Crippen LogP contribution in [0.15, 0.2) is 52.9 Å². The fourth-order valence-corrected chi connectivity index (χ4v) is 4.21. The SMILES string of the molecule is COc1ccc(CNC2CCCCCCC2)c2cc(C(=O)Nc3ccccc3)oc12. The van der Waals surface area contributed by atoms with E-state index in [2.05, 4.69) is 16.7 Å². The molecule has 1 fully saturated rings. The van der Waals surface area contributed by atoms with Crippen molar-refractivity contribution in [1.29, 1.82) is 0 Å². The van der Waals surface area contributed by atoms with Gasteiger partial charge in [-0.05, 0) is 42.7 Å². The Hall–Kier alpha value is -2.79. The van der Waals surface area contributed by atoms with Gasteiger partial charge in [-0.3, -0.25) is 4.79 Å². The monoisotopic (exact) mass is 406 g/mol. The minimum absolute atomic E-state index is 0.265. The van der Waals surface area contributed by atoms with Gasteiger partial charge in [-0.15, -0.1) is 0 Å². The molecule has 5 heteroatoms. The number of hydrogen-bond acceptors (Lipinski definition) is 4. The Morgan fingerprint density at radius 1 is 1.03 bits per heavy atom. The third kappa shape index (κ3) is 4.85. The average molecular weight is 407 g/mol. The number of rotatable bonds is 6. The highest BCUT2D eigenvalue weighted by Gasteiger charge is 2.19. The minimum Gasteiger partial charge on any atom is -0.493 e. The van der Waals surface area contributed by atoms with Crippen molar-refractivity contribution < 1.29 is 13.9 Å². The van der Waals surface area contributed by atoms with Crippen molar-refractivity contribution in [2.24, 2.45) is 0 Å². The van der Waals surface area contributed by atoms with E-state index < -0.39 is 0 Å². The largest absolute Gasteiger partial charge is 0.493 e. The van der Waals surface area contributed by atoms with Gasteiger partial charge in [0.15, 0.2) is 17.1 Å². The maximum atomic E-state index is 12.7. The van der Waals surface area contributed by atoms with Gasteiger partial charge in [0, 0.05) is 23.7 Å². The lowest BCUT2D eigenvalue weighted by Gasteiger charge is -2.21. The van der Waals surface area contributed by atoms with Gasteiger partial charge in [0.1, 0.15) is 0 Å². The van der Waals surface area contributed by atoms with Crippen LogP contribution in [0.1, 0.15) is 61.1 Å². The molecule has 0 spiro atoms. The summed E-state index contributed by atoms with van der Waals surface area (Å²) in [5.41, 5.74) is 2.48. The molecule has 1 heterocycles. The van der Waals surface area contributed by atoms with Crippen molar-refractivity contribution >= 4 is 22.6 Å². The first kappa shape index (κ1) is 20.5. The Balaban J connectivity index is 1.54. The number of nitrogens with one attached hydrogen (secondary N) is 2. The van der Waals surface area contributed by atoms with Gasteiger partial charge in [0.2, 0.25) is 0 Å². The van der Waals surface area contributed by atoms with E-state index in [0.717, 1.165) is 23.2 Å². The van der Waals surface area contributed by atoms with Crippen molar-refractivity contribution in [3.8, 4) is 5.75 Å². The van der Waals surface area contributed by atoms with Crippen molar-refractivity contribution in [2.45, 2.75) is 57.5 Å². The predicted molar refractivity (Wildman–Crippen MR) is 120 cm³/mol. The van der Waals surface area contributed by atoms with Crippen LogP contribution in [0.2, 0.25) is 0 Å². The first-order valence-electron chi connectivity index (χ1n) is 10.9. The number of carbonyl (C=O) groups is 1. The second-order valence-electron chi connectivity index (χ2n) is 8.02. The van der Waals surface area contributed by atoms with Crippen LogP contribution >= 0.6 is 0 Å². The smallest absolute Gasteiger partial charge is 0.291 e. The Labute approximate surface area is 177 Å². The highest BCUT2D eigenvalue weighted by atomic mass is 16.5. The summed E-state index contributed by atoms with van der Waals surface area (Å²) < 4.78 is 11.4. The van der Waals surface area contributed by atoms with Crippen LogP contribution in [0.3, 0.4) is 0 Å². The van der Waals surface area contributed by atoms with Crippen LogP contribution < -0.4 is 15.4 Å². The van der Waals surface area contributed by atoms with E-state index in [0.29, 0.717) is 17.4 Å². The molecule has 0 radical (unpaired) electrons. The van der Waals surface area contributed by atoms with Crippen LogP contribution in [0.25, 0.3) is 11.0 Å². The van der Waals surface area contributed by atoms with Crippen molar-refractivity contribution in [1.82, 2.24) is 5.32 Å². The molecule has 1 amide bonds. The van der Waals surface area contributed by atoms with Gasteiger partial charge >= 0.3 is 0 Å². The highest BCUT2D eigenvalue weighted by Crippen LogP contribution is 2.32. The molecule has 1 saturated carbocycles. The molecule has 0 unspecified atom stereocenters. The standard InChI is InChI=1S/C25H30N2O3/c1-29-22-15-14-18(17-26-19-10-6-3-2-4-7-11-19)21-16-23(30-24(21)22)25(28)27-20-12-8-5-9-13-20/h5,8-9,12-16,19,26H,2-4,6-7,10-11,17H2,1H3,(H,27,28). The zero-order valence-corrected chi connectivity index (χ0v) is 17.6. The van der Waals surface area contributed by atoms with E-state index in [1.807, 2.05) is 42.5 Å². The molecule has 0 atom stereocenters. The van der Waals surface area contributed by atoms with E-state index in [4.69, 9.17) is 9.15 Å². The first-order valence-corrected chi connectivity index (χ1v) is 10.9. The first-order chi connectivity index (χ1) is 14.7. The summed E-state index contributed by atoms with van der Waals surface area (Å²) in [4.78, 5) is 12.7. The van der Waals surface area contributed by atoms with E-state index in [1.54, 1.807) is 7.11 Å². The molecule has 30 heavy (non-hydrogen) atoms. The summed E-state index contributed by atoms with van der Waals surface area (Å²) in [6.45, 7) is 0.754. The summed E-state index contributed by atoms with van der Waals surface area (Å²) in [6, 6.07) is 15.7. The molecular formula is C25H30N2O3. The lowest BCUT2D eigenvalue weighted by Crippen LogP contribution is -2.29. The van der Waals surface area contributed by atoms with Gasteiger partial charge < -0.3 is 19.8 Å². The molecule has 2 aromatic carbocycles. The molecule has 1 aromatic heterocycles. The molecule has 2 N–H and O–H groups in total. The normalized spacial score (nSPS) is 15.5. The Kier molecular flexibility index (Phi) is 6.70. The summed E-state index contributed by atoms with van der Waals surface area (Å²) in [7, 11) is 1.62. The quantitative estimate of drug-likeness (QED) is 0.535. The molecule has 158 valence electrons. The average Bonchev–Trinajstić information content (AvgIpc) is 3.19. The Morgan fingerprint density at radius 3 is 2.50 bits per heavy atom. The lowest BCUT2D eigenvalue weighted by molar-refractivity contribution is 0.0998. The summed E-state index contributed by atoms with van der Waals surface area (Å²) in [6.07, 6.45) is 9.11. The van der Waals surface area contributed by atoms with E-state index in [9.17, 15) is 4.79 Å². The van der Waals surface area contributed by atoms with E-state index >= 15 is 0 Å². The zero-order chi connectivity index (χ0) is 20.8. The number of benzene rings is 2. The van der Waals surface area contributed by atoms with Crippen molar-refractivity contribution in [3.05, 3.63) is 59.9 Å². The topological polar surface area (TPSA) is 63.5 Å². The number of amides is 1. The summed E-state index contributed by atoms with van der Waals surface area (Å²) in [5, 5.41) is 7.54. The number of methoxy groups -OCH3 is 1. The molecule has 1 aliphatic carbocycles. The summed E-state index contributed by atoms with van der Waals surface area (Å²) in [5.74, 6) is 0.655. The molecule has 5 nitrogen and oxygen atoms in total. The van der Waals surface area contributed by atoms with Gasteiger partial charge in [-0.1, -0.05) is 56.4 Å². The second kappa shape index (κ2) is 9.81. The second-order valence-corrected chi connectivity index (χ2v) is 8.02. The summed E-state index contributed by atoms with van der Waals surface area (Å²) >= 11 is 0. The van der Waals surface area contributed by atoms with Gasteiger partial charge in [-0.2, -0.15) is 0 Å². The lowest BCUT2D eigenvalue weighted by atomic mass is 9.96. The Morgan fingerprint density at radius 2 is 1.77 bits per heavy atom. The molecule has 3 aromatic rings. The minimum atomic E-state index is -0.265. The molecule has 0 bridgehead atoms. The van der Waals surface area contributed by atoms with Crippen LogP contribution in [0.4, 0.5) is 5.69 Å². The van der Waals surface area contributed by atoms with Crippen LogP contribution in [0.5, 0.6) is 5.75 Å². The van der Waals surface area contributed by atoms with Gasteiger partial charge in [-0.25, -0.2) is 0 Å². The fourth-order valence-electron chi connectivity index (χ4n) is 4.21. The van der Waals surface area contributed by atoms with Crippen LogP contribution in [-0.2, 0) is 6.54 Å². The predicted octanol–water partition coefficient (Wildman–Crippen LogP) is 5.90. The molecule has 4 rings (SSSR count). The number of fused-ring (bicyclic) bond motifs is 1. The molecule has 0 saturated heterocycles. The van der Waals surface area contributed by atoms with E-state index in [1.165, 1.54) is 44.9 Å². The third-order valence-corrected chi connectivity index (χ3v) is 5.90. The third-order valence-electron chi connectivity index (χ3n) is 5.90. The number of anilines is 1. The number of hydrogen-bond donors (Lipinski definition) is 2. The van der Waals surface area contributed by atoms with E-state index in [-0.39, 0.29) is 11.7 Å². The van der Waals surface area contributed by atoms with Crippen LogP contribution in [0, 0.1) is 0 Å². The Bertz CT molecular complexity index is 973.